The summed E-state index contributed by atoms with van der Waals surface area (Å²) in [6.07, 6.45) is 1.01. The van der Waals surface area contributed by atoms with Crippen molar-refractivity contribution in [2.45, 2.75) is 40.2 Å². The first-order chi connectivity index (χ1) is 9.90. The molecule has 2 rings (SSSR count). The molecule has 21 heavy (non-hydrogen) atoms. The lowest BCUT2D eigenvalue weighted by atomic mass is 9.94. The molecule has 0 amide bonds. The molecule has 1 nitrogen and oxygen atoms in total. The molecule has 2 aromatic carbocycles. The lowest BCUT2D eigenvalue weighted by molar-refractivity contribution is 0.591. The fourth-order valence-corrected chi connectivity index (χ4v) is 3.22. The monoisotopic (exact) mass is 345 g/mol. The van der Waals surface area contributed by atoms with Gasteiger partial charge in [0, 0.05) is 10.5 Å². The molecular weight excluding hydrogens is 322 g/mol. The van der Waals surface area contributed by atoms with Gasteiger partial charge in [0.1, 0.15) is 0 Å². The molecule has 0 aliphatic rings. The number of halogens is 1. The SMILES string of the molecule is CNC(Cc1cc(C)cc(C)c1)c1cc(C)c(Br)c(C)c1. The van der Waals surface area contributed by atoms with Gasteiger partial charge in [0.15, 0.2) is 0 Å². The second kappa shape index (κ2) is 6.76. The highest BCUT2D eigenvalue weighted by Crippen LogP contribution is 2.27. The van der Waals surface area contributed by atoms with E-state index in [1.54, 1.807) is 0 Å². The first-order valence-electron chi connectivity index (χ1n) is 7.41. The minimum atomic E-state index is 0.344. The molecule has 0 fully saturated rings. The van der Waals surface area contributed by atoms with E-state index in [1.165, 1.54) is 37.9 Å². The summed E-state index contributed by atoms with van der Waals surface area (Å²) in [5.41, 5.74) is 8.02. The Kier molecular flexibility index (Phi) is 5.23. The molecule has 0 spiro atoms. The van der Waals surface area contributed by atoms with Gasteiger partial charge in [0.2, 0.25) is 0 Å². The van der Waals surface area contributed by atoms with Crippen molar-refractivity contribution in [3.63, 3.8) is 0 Å². The van der Waals surface area contributed by atoms with Gasteiger partial charge >= 0.3 is 0 Å². The summed E-state index contributed by atoms with van der Waals surface area (Å²) in [6.45, 7) is 8.64. The number of aryl methyl sites for hydroxylation is 4. The Hall–Kier alpha value is -1.12. The summed E-state index contributed by atoms with van der Waals surface area (Å²) in [5.74, 6) is 0. The second-order valence-corrected chi connectivity index (χ2v) is 6.80. The topological polar surface area (TPSA) is 12.0 Å². The van der Waals surface area contributed by atoms with Crippen LogP contribution in [-0.4, -0.2) is 7.05 Å². The van der Waals surface area contributed by atoms with Crippen LogP contribution in [0.1, 0.15) is 39.4 Å². The van der Waals surface area contributed by atoms with Crippen LogP contribution in [0.3, 0.4) is 0 Å². The quantitative estimate of drug-likeness (QED) is 0.804. The zero-order chi connectivity index (χ0) is 15.6. The average Bonchev–Trinajstić information content (AvgIpc) is 2.40. The molecule has 0 saturated heterocycles. The van der Waals surface area contributed by atoms with E-state index in [9.17, 15) is 0 Å². The molecule has 112 valence electrons. The van der Waals surface area contributed by atoms with E-state index in [2.05, 4.69) is 79.3 Å². The molecule has 0 radical (unpaired) electrons. The van der Waals surface area contributed by atoms with Gasteiger partial charge < -0.3 is 5.32 Å². The van der Waals surface area contributed by atoms with Gasteiger partial charge in [-0.1, -0.05) is 57.4 Å². The highest BCUT2D eigenvalue weighted by molar-refractivity contribution is 9.10. The van der Waals surface area contributed by atoms with Gasteiger partial charge in [-0.3, -0.25) is 0 Å². The van der Waals surface area contributed by atoms with Gasteiger partial charge in [-0.25, -0.2) is 0 Å². The van der Waals surface area contributed by atoms with Crippen molar-refractivity contribution >= 4 is 15.9 Å². The van der Waals surface area contributed by atoms with Crippen LogP contribution in [0.15, 0.2) is 34.8 Å². The Balaban J connectivity index is 2.31. The maximum absolute atomic E-state index is 3.65. The summed E-state index contributed by atoms with van der Waals surface area (Å²) < 4.78 is 1.22. The fraction of sp³-hybridized carbons (Fsp3) is 0.368. The number of likely N-dealkylation sites (N-methyl/N-ethyl adjacent to an activating group) is 1. The molecule has 0 aliphatic carbocycles. The Morgan fingerprint density at radius 2 is 1.43 bits per heavy atom. The van der Waals surface area contributed by atoms with Gasteiger partial charge in [0.25, 0.3) is 0 Å². The first kappa shape index (κ1) is 16.3. The summed E-state index contributed by atoms with van der Waals surface area (Å²) in [4.78, 5) is 0. The third-order valence-corrected chi connectivity index (χ3v) is 5.18. The lowest BCUT2D eigenvalue weighted by Crippen LogP contribution is -2.19. The van der Waals surface area contributed by atoms with Crippen LogP contribution in [0.5, 0.6) is 0 Å². The van der Waals surface area contributed by atoms with Crippen molar-refractivity contribution in [2.75, 3.05) is 7.05 Å². The van der Waals surface area contributed by atoms with E-state index in [1.807, 2.05) is 7.05 Å². The van der Waals surface area contributed by atoms with E-state index >= 15 is 0 Å². The highest BCUT2D eigenvalue weighted by Gasteiger charge is 2.13. The summed E-state index contributed by atoms with van der Waals surface area (Å²) in [5, 5.41) is 3.46. The molecule has 1 atom stereocenters. The molecule has 0 heterocycles. The predicted molar refractivity (Wildman–Crippen MR) is 95.0 cm³/mol. The highest BCUT2D eigenvalue weighted by atomic mass is 79.9. The van der Waals surface area contributed by atoms with E-state index in [0.717, 1.165) is 6.42 Å². The molecule has 0 aromatic heterocycles. The minimum Gasteiger partial charge on any atom is -0.313 e. The Morgan fingerprint density at radius 1 is 0.905 bits per heavy atom. The summed E-state index contributed by atoms with van der Waals surface area (Å²) in [7, 11) is 2.04. The van der Waals surface area contributed by atoms with Crippen molar-refractivity contribution in [3.05, 3.63) is 68.2 Å². The molecule has 1 unspecified atom stereocenters. The number of hydrogen-bond donors (Lipinski definition) is 1. The normalized spacial score (nSPS) is 12.5. The van der Waals surface area contributed by atoms with Crippen molar-refractivity contribution in [1.29, 1.82) is 0 Å². The van der Waals surface area contributed by atoms with Crippen LogP contribution < -0.4 is 5.32 Å². The minimum absolute atomic E-state index is 0.344. The molecular formula is C19H24BrN. The van der Waals surface area contributed by atoms with Crippen molar-refractivity contribution < 1.29 is 0 Å². The number of rotatable bonds is 4. The van der Waals surface area contributed by atoms with Crippen molar-refractivity contribution in [2.24, 2.45) is 0 Å². The lowest BCUT2D eigenvalue weighted by Gasteiger charge is -2.19. The molecule has 2 heteroatoms. The first-order valence-corrected chi connectivity index (χ1v) is 8.21. The number of hydrogen-bond acceptors (Lipinski definition) is 1. The molecule has 2 aromatic rings. The zero-order valence-corrected chi connectivity index (χ0v) is 15.1. The summed E-state index contributed by atoms with van der Waals surface area (Å²) in [6, 6.07) is 11.7. The molecule has 1 N–H and O–H groups in total. The van der Waals surface area contributed by atoms with Gasteiger partial charge in [-0.05, 0) is 63.4 Å². The van der Waals surface area contributed by atoms with Crippen LogP contribution in [0.2, 0.25) is 0 Å². The predicted octanol–water partition coefficient (Wildman–Crippen LogP) is 5.19. The molecule has 0 bridgehead atoms. The maximum Gasteiger partial charge on any atom is 0.0358 e. The largest absolute Gasteiger partial charge is 0.313 e. The van der Waals surface area contributed by atoms with E-state index < -0.39 is 0 Å². The molecule has 0 saturated carbocycles. The van der Waals surface area contributed by atoms with Crippen LogP contribution in [0.4, 0.5) is 0 Å². The maximum atomic E-state index is 3.65. The van der Waals surface area contributed by atoms with Gasteiger partial charge in [-0.2, -0.15) is 0 Å². The second-order valence-electron chi connectivity index (χ2n) is 6.01. The van der Waals surface area contributed by atoms with Crippen molar-refractivity contribution in [1.82, 2.24) is 5.32 Å². The zero-order valence-electron chi connectivity index (χ0n) is 13.5. The molecule has 0 aliphatic heterocycles. The Bertz CT molecular complexity index is 603. The smallest absolute Gasteiger partial charge is 0.0358 e. The third kappa shape index (κ3) is 3.96. The van der Waals surface area contributed by atoms with Crippen LogP contribution in [-0.2, 0) is 6.42 Å². The average molecular weight is 346 g/mol. The third-order valence-electron chi connectivity index (χ3n) is 3.93. The van der Waals surface area contributed by atoms with Crippen LogP contribution >= 0.6 is 15.9 Å². The van der Waals surface area contributed by atoms with Crippen LogP contribution in [0, 0.1) is 27.7 Å². The van der Waals surface area contributed by atoms with Crippen molar-refractivity contribution in [3.8, 4) is 0 Å². The van der Waals surface area contributed by atoms with E-state index in [0.29, 0.717) is 6.04 Å². The fourth-order valence-electron chi connectivity index (χ4n) is 2.99. The summed E-state index contributed by atoms with van der Waals surface area (Å²) >= 11 is 3.65. The Labute approximate surface area is 136 Å². The van der Waals surface area contributed by atoms with Gasteiger partial charge in [-0.15, -0.1) is 0 Å². The number of benzene rings is 2. The number of nitrogens with one attached hydrogen (secondary N) is 1. The van der Waals surface area contributed by atoms with Crippen LogP contribution in [0.25, 0.3) is 0 Å². The van der Waals surface area contributed by atoms with E-state index in [4.69, 9.17) is 0 Å². The van der Waals surface area contributed by atoms with Gasteiger partial charge in [0.05, 0.1) is 0 Å². The standard InChI is InChI=1S/C19H24BrN/c1-12-6-13(2)8-16(7-12)11-18(21-5)17-9-14(3)19(20)15(4)10-17/h6-10,18,21H,11H2,1-5H3. The van der Waals surface area contributed by atoms with E-state index in [-0.39, 0.29) is 0 Å². The Morgan fingerprint density at radius 3 is 1.90 bits per heavy atom.